The minimum atomic E-state index is -2.89. The number of piperidine rings is 1. The third kappa shape index (κ3) is 2.88. The van der Waals surface area contributed by atoms with E-state index in [9.17, 15) is 13.6 Å². The molecular weight excluding hydrogens is 224 g/mol. The number of hydrogen-bond donors (Lipinski definition) is 0. The van der Waals surface area contributed by atoms with E-state index in [0.29, 0.717) is 19.4 Å². The number of nitrogens with zero attached hydrogens (tertiary/aromatic N) is 1. The number of alkyl halides is 2. The van der Waals surface area contributed by atoms with Gasteiger partial charge in [0, 0.05) is 6.54 Å². The number of benzene rings is 1. The van der Waals surface area contributed by atoms with Crippen LogP contribution in [0.25, 0.3) is 0 Å². The minimum Gasteiger partial charge on any atom is -0.303 e. The minimum absolute atomic E-state index is 0.239. The Morgan fingerprint density at radius 3 is 2.65 bits per heavy atom. The number of carbonyl (C=O) groups is 1. The van der Waals surface area contributed by atoms with Gasteiger partial charge in [-0.1, -0.05) is 30.3 Å². The van der Waals surface area contributed by atoms with Crippen molar-refractivity contribution in [1.82, 2.24) is 4.90 Å². The zero-order chi connectivity index (χ0) is 12.3. The first-order chi connectivity index (χ1) is 8.12. The van der Waals surface area contributed by atoms with Gasteiger partial charge in [0.05, 0.1) is 12.5 Å². The molecule has 17 heavy (non-hydrogen) atoms. The predicted molar refractivity (Wildman–Crippen MR) is 60.8 cm³/mol. The molecule has 1 saturated heterocycles. The quantitative estimate of drug-likeness (QED) is 0.755. The van der Waals surface area contributed by atoms with Gasteiger partial charge in [0.2, 0.25) is 0 Å². The van der Waals surface area contributed by atoms with Crippen molar-refractivity contribution in [3.05, 3.63) is 35.9 Å². The fourth-order valence-corrected chi connectivity index (χ4v) is 2.17. The van der Waals surface area contributed by atoms with Gasteiger partial charge in [-0.05, 0) is 18.5 Å². The fourth-order valence-electron chi connectivity index (χ4n) is 2.17. The molecule has 1 unspecified atom stereocenters. The molecule has 4 heteroatoms. The van der Waals surface area contributed by atoms with Gasteiger partial charge in [-0.3, -0.25) is 4.90 Å². The van der Waals surface area contributed by atoms with Crippen LogP contribution >= 0.6 is 0 Å². The third-order valence-electron chi connectivity index (χ3n) is 3.15. The fraction of sp³-hybridized carbons (Fsp3) is 0.462. The third-order valence-corrected chi connectivity index (χ3v) is 3.15. The largest absolute Gasteiger partial charge is 0.303 e. The van der Waals surface area contributed by atoms with Crippen LogP contribution in [-0.4, -0.2) is 30.2 Å². The monoisotopic (exact) mass is 239 g/mol. The highest BCUT2D eigenvalue weighted by atomic mass is 19.3. The molecule has 92 valence electrons. The number of halogens is 2. The van der Waals surface area contributed by atoms with Crippen molar-refractivity contribution >= 4 is 6.29 Å². The van der Waals surface area contributed by atoms with Crippen LogP contribution in [0.2, 0.25) is 0 Å². The van der Waals surface area contributed by atoms with Crippen molar-refractivity contribution in [2.24, 2.45) is 5.92 Å². The molecule has 0 aromatic heterocycles. The van der Waals surface area contributed by atoms with Crippen molar-refractivity contribution in [3.63, 3.8) is 0 Å². The lowest BCUT2D eigenvalue weighted by atomic mass is 9.94. The molecule has 1 aromatic carbocycles. The number of rotatable bonds is 3. The molecule has 2 rings (SSSR count). The average Bonchev–Trinajstić information content (AvgIpc) is 2.29. The Balaban J connectivity index is 1.99. The maximum Gasteiger partial charge on any atom is 0.269 e. The normalized spacial score (nSPS) is 24.5. The Hall–Kier alpha value is -1.29. The topological polar surface area (TPSA) is 20.3 Å². The summed E-state index contributed by atoms with van der Waals surface area (Å²) in [5.41, 5.74) is 1.02. The Morgan fingerprint density at radius 2 is 2.06 bits per heavy atom. The van der Waals surface area contributed by atoms with Crippen LogP contribution < -0.4 is 0 Å². The van der Waals surface area contributed by atoms with E-state index < -0.39 is 11.8 Å². The molecule has 1 aliphatic heterocycles. The lowest BCUT2D eigenvalue weighted by molar-refractivity contribution is -0.138. The maximum atomic E-state index is 13.5. The second-order valence-corrected chi connectivity index (χ2v) is 4.49. The van der Waals surface area contributed by atoms with E-state index in [1.165, 1.54) is 0 Å². The van der Waals surface area contributed by atoms with E-state index in [-0.39, 0.29) is 13.0 Å². The van der Waals surface area contributed by atoms with Crippen molar-refractivity contribution in [3.8, 4) is 0 Å². The number of likely N-dealkylation sites (tertiary alicyclic amines) is 1. The summed E-state index contributed by atoms with van der Waals surface area (Å²) in [5.74, 6) is -4.01. The van der Waals surface area contributed by atoms with Crippen LogP contribution in [0.15, 0.2) is 30.3 Å². The molecule has 0 bridgehead atoms. The summed E-state index contributed by atoms with van der Waals surface area (Å²) < 4.78 is 27.1. The second kappa shape index (κ2) is 4.92. The molecule has 0 spiro atoms. The lowest BCUT2D eigenvalue weighted by Crippen LogP contribution is -2.48. The molecule has 2 nitrogen and oxygen atoms in total. The summed E-state index contributed by atoms with van der Waals surface area (Å²) in [7, 11) is 0. The van der Waals surface area contributed by atoms with Gasteiger partial charge in [-0.15, -0.1) is 0 Å². The highest BCUT2D eigenvalue weighted by Gasteiger charge is 2.44. The van der Waals surface area contributed by atoms with Crippen LogP contribution in [0.5, 0.6) is 0 Å². The summed E-state index contributed by atoms with van der Waals surface area (Å²) in [6, 6.07) is 9.53. The molecule has 1 fully saturated rings. The smallest absolute Gasteiger partial charge is 0.269 e. The van der Waals surface area contributed by atoms with E-state index >= 15 is 0 Å². The van der Waals surface area contributed by atoms with Crippen LogP contribution in [-0.2, 0) is 11.3 Å². The Labute approximate surface area is 99.2 Å². The zero-order valence-electron chi connectivity index (χ0n) is 9.48. The standard InChI is InChI=1S/C13H15F2NO/c14-13(15)10-16(7-6-12(13)9-17)8-11-4-2-1-3-5-11/h1-5,9,12H,6-8,10H2. The Bertz CT molecular complexity index is 380. The first kappa shape index (κ1) is 12.2. The summed E-state index contributed by atoms with van der Waals surface area (Å²) in [6.07, 6.45) is 0.628. The predicted octanol–water partition coefficient (Wildman–Crippen LogP) is 2.34. The van der Waals surface area contributed by atoms with E-state index in [2.05, 4.69) is 0 Å². The average molecular weight is 239 g/mol. The van der Waals surface area contributed by atoms with E-state index in [1.807, 2.05) is 30.3 Å². The van der Waals surface area contributed by atoms with Gasteiger partial charge in [0.25, 0.3) is 5.92 Å². The highest BCUT2D eigenvalue weighted by Crippen LogP contribution is 2.31. The van der Waals surface area contributed by atoms with Crippen LogP contribution in [0, 0.1) is 5.92 Å². The molecule has 0 saturated carbocycles. The Kier molecular flexibility index (Phi) is 3.52. The molecule has 0 amide bonds. The van der Waals surface area contributed by atoms with Gasteiger partial charge < -0.3 is 4.79 Å². The highest BCUT2D eigenvalue weighted by molar-refractivity contribution is 5.55. The van der Waals surface area contributed by atoms with Crippen LogP contribution in [0.3, 0.4) is 0 Å². The van der Waals surface area contributed by atoms with Crippen molar-refractivity contribution in [1.29, 1.82) is 0 Å². The molecule has 1 atom stereocenters. The lowest BCUT2D eigenvalue weighted by Gasteiger charge is -2.35. The number of hydrogen-bond acceptors (Lipinski definition) is 2. The van der Waals surface area contributed by atoms with Crippen molar-refractivity contribution in [2.45, 2.75) is 18.9 Å². The summed E-state index contributed by atoms with van der Waals surface area (Å²) in [6.45, 7) is 0.737. The van der Waals surface area contributed by atoms with E-state index in [0.717, 1.165) is 5.56 Å². The van der Waals surface area contributed by atoms with Crippen LogP contribution in [0.4, 0.5) is 8.78 Å². The molecule has 0 aliphatic carbocycles. The van der Waals surface area contributed by atoms with Crippen molar-refractivity contribution < 1.29 is 13.6 Å². The molecule has 0 radical (unpaired) electrons. The van der Waals surface area contributed by atoms with Crippen LogP contribution in [0.1, 0.15) is 12.0 Å². The van der Waals surface area contributed by atoms with Gasteiger partial charge in [0.1, 0.15) is 6.29 Å². The Morgan fingerprint density at radius 1 is 1.35 bits per heavy atom. The van der Waals surface area contributed by atoms with Crippen molar-refractivity contribution in [2.75, 3.05) is 13.1 Å². The van der Waals surface area contributed by atoms with Gasteiger partial charge in [-0.2, -0.15) is 0 Å². The zero-order valence-corrected chi connectivity index (χ0v) is 9.48. The molecular formula is C13H15F2NO. The number of carbonyl (C=O) groups excluding carboxylic acids is 1. The molecule has 1 aliphatic rings. The summed E-state index contributed by atoms with van der Waals surface area (Å²) in [4.78, 5) is 12.2. The number of aldehydes is 1. The summed E-state index contributed by atoms with van der Waals surface area (Å²) in [5, 5.41) is 0. The van der Waals surface area contributed by atoms with Gasteiger partial charge in [0.15, 0.2) is 0 Å². The summed E-state index contributed by atoms with van der Waals surface area (Å²) >= 11 is 0. The van der Waals surface area contributed by atoms with E-state index in [1.54, 1.807) is 4.90 Å². The first-order valence-corrected chi connectivity index (χ1v) is 5.71. The maximum absolute atomic E-state index is 13.5. The van der Waals surface area contributed by atoms with Gasteiger partial charge in [-0.25, -0.2) is 8.78 Å². The molecule has 1 aromatic rings. The molecule has 0 N–H and O–H groups in total. The van der Waals surface area contributed by atoms with Gasteiger partial charge >= 0.3 is 0 Å². The van der Waals surface area contributed by atoms with E-state index in [4.69, 9.17) is 0 Å². The first-order valence-electron chi connectivity index (χ1n) is 5.71. The molecule has 1 heterocycles. The SMILES string of the molecule is O=CC1CCN(Cc2ccccc2)CC1(F)F. The second-order valence-electron chi connectivity index (χ2n) is 4.49.